The van der Waals surface area contributed by atoms with Gasteiger partial charge in [-0.25, -0.2) is 4.39 Å². The molecule has 0 unspecified atom stereocenters. The van der Waals surface area contributed by atoms with Crippen LogP contribution in [-0.2, 0) is 13.2 Å². The molecule has 3 aromatic carbocycles. The highest BCUT2D eigenvalue weighted by atomic mass is 35.5. The monoisotopic (exact) mass is 519 g/mol. The van der Waals surface area contributed by atoms with Gasteiger partial charge in [0, 0.05) is 22.9 Å². The van der Waals surface area contributed by atoms with Crippen molar-refractivity contribution in [2.24, 2.45) is 0 Å². The van der Waals surface area contributed by atoms with Crippen molar-refractivity contribution in [3.8, 4) is 11.4 Å². The maximum absolute atomic E-state index is 13.1. The summed E-state index contributed by atoms with van der Waals surface area (Å²) in [6.07, 6.45) is 0.943. The first kappa shape index (κ1) is 26.0. The largest absolute Gasteiger partial charge is 0.489 e. The molecule has 4 aromatic rings. The molecule has 0 spiro atoms. The third-order valence-corrected chi connectivity index (χ3v) is 6.06. The average Bonchev–Trinajstić information content (AvgIpc) is 3.31. The molecule has 178 valence electrons. The molecule has 1 heterocycles. The Kier molecular flexibility index (Phi) is 10.2. The topological polar surface area (TPSA) is 64.9 Å². The lowest BCUT2D eigenvalue weighted by Crippen LogP contribution is -2.16. The van der Waals surface area contributed by atoms with E-state index in [1.54, 1.807) is 34.6 Å². The van der Waals surface area contributed by atoms with Crippen LogP contribution in [0.3, 0.4) is 0 Å². The molecule has 1 N–H and O–H groups in total. The van der Waals surface area contributed by atoms with Gasteiger partial charge in [-0.15, -0.1) is 17.5 Å². The fraction of sp³-hybridized carbons (Fsp3) is 0.208. The number of aromatic nitrogens is 4. The number of para-hydroxylation sites is 1. The maximum atomic E-state index is 13.1. The lowest BCUT2D eigenvalue weighted by atomic mass is 10.2. The van der Waals surface area contributed by atoms with Gasteiger partial charge in [-0.2, -0.15) is 4.68 Å². The lowest BCUT2D eigenvalue weighted by molar-refractivity contribution is 0.302. The second-order valence-corrected chi connectivity index (χ2v) is 8.75. The van der Waals surface area contributed by atoms with Gasteiger partial charge in [0.25, 0.3) is 0 Å². The number of ether oxygens (including phenoxy) is 1. The minimum absolute atomic E-state index is 0. The second kappa shape index (κ2) is 13.3. The Bertz CT molecular complexity index is 1160. The van der Waals surface area contributed by atoms with E-state index in [2.05, 4.69) is 20.8 Å². The molecule has 10 heteroatoms. The fourth-order valence-corrected chi connectivity index (χ4v) is 4.18. The van der Waals surface area contributed by atoms with Crippen molar-refractivity contribution < 1.29 is 9.13 Å². The van der Waals surface area contributed by atoms with Crippen LogP contribution < -0.4 is 10.1 Å². The molecule has 0 amide bonds. The molecular weight excluding hydrogens is 496 g/mol. The van der Waals surface area contributed by atoms with Crippen LogP contribution in [0.1, 0.15) is 17.5 Å². The summed E-state index contributed by atoms with van der Waals surface area (Å²) < 4.78 is 20.8. The van der Waals surface area contributed by atoms with Crippen molar-refractivity contribution in [1.29, 1.82) is 0 Å². The number of benzene rings is 3. The molecule has 0 aliphatic rings. The molecule has 0 saturated carbocycles. The molecular formula is C24H24Cl2FN5OS. The lowest BCUT2D eigenvalue weighted by Gasteiger charge is -2.13. The summed E-state index contributed by atoms with van der Waals surface area (Å²) in [7, 11) is 0. The summed E-state index contributed by atoms with van der Waals surface area (Å²) in [5, 5.41) is 16.9. The van der Waals surface area contributed by atoms with Crippen molar-refractivity contribution in [2.75, 3.05) is 12.3 Å². The average molecular weight is 520 g/mol. The van der Waals surface area contributed by atoms with Crippen LogP contribution in [0, 0.1) is 5.82 Å². The third-order valence-electron chi connectivity index (χ3n) is 4.82. The van der Waals surface area contributed by atoms with Crippen molar-refractivity contribution in [3.05, 3.63) is 94.8 Å². The van der Waals surface area contributed by atoms with Crippen LogP contribution in [0.5, 0.6) is 5.75 Å². The van der Waals surface area contributed by atoms with Crippen molar-refractivity contribution in [2.45, 2.75) is 24.7 Å². The minimum Gasteiger partial charge on any atom is -0.489 e. The highest BCUT2D eigenvalue weighted by molar-refractivity contribution is 7.99. The molecule has 0 aliphatic carbocycles. The number of rotatable bonds is 11. The Hall–Kier alpha value is -2.65. The molecule has 0 aliphatic heterocycles. The van der Waals surface area contributed by atoms with E-state index >= 15 is 0 Å². The number of hydrogen-bond acceptors (Lipinski definition) is 6. The first-order valence-corrected chi connectivity index (χ1v) is 11.9. The predicted octanol–water partition coefficient (Wildman–Crippen LogP) is 5.73. The predicted molar refractivity (Wildman–Crippen MR) is 136 cm³/mol. The first-order chi connectivity index (χ1) is 16.2. The summed E-state index contributed by atoms with van der Waals surface area (Å²) in [5.41, 5.74) is 2.82. The minimum atomic E-state index is -0.259. The summed E-state index contributed by atoms with van der Waals surface area (Å²) in [6.45, 7) is 1.82. The summed E-state index contributed by atoms with van der Waals surface area (Å²) in [5.74, 6) is 1.38. The van der Waals surface area contributed by atoms with E-state index in [-0.39, 0.29) is 18.2 Å². The zero-order valence-electron chi connectivity index (χ0n) is 18.2. The van der Waals surface area contributed by atoms with Gasteiger partial charge in [0.1, 0.15) is 18.2 Å². The van der Waals surface area contributed by atoms with Gasteiger partial charge in [0.2, 0.25) is 5.16 Å². The van der Waals surface area contributed by atoms with E-state index in [1.807, 2.05) is 42.5 Å². The van der Waals surface area contributed by atoms with E-state index in [1.165, 1.54) is 12.1 Å². The highest BCUT2D eigenvalue weighted by Crippen LogP contribution is 2.24. The molecule has 0 atom stereocenters. The van der Waals surface area contributed by atoms with Crippen LogP contribution in [-0.4, -0.2) is 32.5 Å². The third kappa shape index (κ3) is 7.43. The Balaban J connectivity index is 0.00000324. The first-order valence-electron chi connectivity index (χ1n) is 10.5. The van der Waals surface area contributed by atoms with Crippen molar-refractivity contribution in [3.63, 3.8) is 0 Å². The Morgan fingerprint density at radius 2 is 1.82 bits per heavy atom. The molecule has 6 nitrogen and oxygen atoms in total. The van der Waals surface area contributed by atoms with Gasteiger partial charge in [0.15, 0.2) is 0 Å². The molecule has 0 radical (unpaired) electrons. The van der Waals surface area contributed by atoms with E-state index in [0.29, 0.717) is 18.2 Å². The van der Waals surface area contributed by atoms with Crippen LogP contribution in [0.2, 0.25) is 5.02 Å². The number of hydrogen-bond donors (Lipinski definition) is 1. The van der Waals surface area contributed by atoms with Crippen LogP contribution in [0.15, 0.2) is 78.0 Å². The normalized spacial score (nSPS) is 10.6. The smallest absolute Gasteiger partial charge is 0.214 e. The van der Waals surface area contributed by atoms with Gasteiger partial charge in [-0.3, -0.25) is 0 Å². The van der Waals surface area contributed by atoms with Crippen molar-refractivity contribution in [1.82, 2.24) is 25.5 Å². The van der Waals surface area contributed by atoms with E-state index in [9.17, 15) is 4.39 Å². The standard InChI is InChI=1S/C24H23ClFN5OS.ClH/c25-20-9-12-23(32-17-18-7-10-21(26)11-8-18)19(15-20)16-27-13-4-14-33-24-28-29-30-31(24)22-5-2-1-3-6-22;/h1-3,5-12,15,27H,4,13-14,16-17H2;1H. The Labute approximate surface area is 213 Å². The van der Waals surface area contributed by atoms with Crippen LogP contribution >= 0.6 is 35.8 Å². The summed E-state index contributed by atoms with van der Waals surface area (Å²) in [6, 6.07) is 21.7. The Morgan fingerprint density at radius 1 is 1.03 bits per heavy atom. The van der Waals surface area contributed by atoms with Gasteiger partial charge in [-0.05, 0) is 71.4 Å². The SMILES string of the molecule is Cl.Fc1ccc(COc2ccc(Cl)cc2CNCCCSc2nnnn2-c2ccccc2)cc1. The van der Waals surface area contributed by atoms with E-state index < -0.39 is 0 Å². The molecule has 4 rings (SSSR count). The molecule has 0 saturated heterocycles. The number of tetrazole rings is 1. The zero-order valence-corrected chi connectivity index (χ0v) is 20.6. The fourth-order valence-electron chi connectivity index (χ4n) is 3.15. The number of nitrogens with zero attached hydrogens (tertiary/aromatic N) is 4. The van der Waals surface area contributed by atoms with Crippen LogP contribution in [0.4, 0.5) is 4.39 Å². The molecule has 1 aromatic heterocycles. The van der Waals surface area contributed by atoms with E-state index in [4.69, 9.17) is 16.3 Å². The van der Waals surface area contributed by atoms with Gasteiger partial charge >= 0.3 is 0 Å². The molecule has 0 fully saturated rings. The van der Waals surface area contributed by atoms with E-state index in [0.717, 1.165) is 46.4 Å². The summed E-state index contributed by atoms with van der Waals surface area (Å²) in [4.78, 5) is 0. The number of halogens is 3. The van der Waals surface area contributed by atoms with Crippen LogP contribution in [0.25, 0.3) is 5.69 Å². The van der Waals surface area contributed by atoms with Crippen molar-refractivity contribution >= 4 is 35.8 Å². The highest BCUT2D eigenvalue weighted by Gasteiger charge is 2.09. The molecule has 34 heavy (non-hydrogen) atoms. The zero-order chi connectivity index (χ0) is 22.9. The number of nitrogens with one attached hydrogen (secondary N) is 1. The summed E-state index contributed by atoms with van der Waals surface area (Å²) >= 11 is 7.81. The van der Waals surface area contributed by atoms with Gasteiger partial charge < -0.3 is 10.1 Å². The Morgan fingerprint density at radius 3 is 2.62 bits per heavy atom. The number of thioether (sulfide) groups is 1. The molecule has 0 bridgehead atoms. The van der Waals surface area contributed by atoms with Gasteiger partial charge in [-0.1, -0.05) is 53.7 Å². The maximum Gasteiger partial charge on any atom is 0.214 e. The quantitative estimate of drug-likeness (QED) is 0.201. The van der Waals surface area contributed by atoms with Gasteiger partial charge in [0.05, 0.1) is 5.69 Å². The second-order valence-electron chi connectivity index (χ2n) is 7.25.